The molecule has 0 radical (unpaired) electrons. The van der Waals surface area contributed by atoms with Gasteiger partial charge in [-0.05, 0) is 47.0 Å². The highest BCUT2D eigenvalue weighted by atomic mass is 32.1. The van der Waals surface area contributed by atoms with Gasteiger partial charge in [0.25, 0.3) is 0 Å². The van der Waals surface area contributed by atoms with Crippen LogP contribution in [-0.4, -0.2) is 43.2 Å². The molecule has 1 aliphatic rings. The average molecular weight is 316 g/mol. The van der Waals surface area contributed by atoms with Crippen LogP contribution in [0.15, 0.2) is 41.1 Å². The molecule has 1 aromatic heterocycles. The van der Waals surface area contributed by atoms with E-state index >= 15 is 0 Å². The lowest BCUT2D eigenvalue weighted by atomic mass is 10.1. The lowest BCUT2D eigenvalue weighted by molar-refractivity contribution is -0.135. The van der Waals surface area contributed by atoms with Crippen molar-refractivity contribution in [2.75, 3.05) is 31.6 Å². The maximum Gasteiger partial charge on any atom is 0.244 e. The Kier molecular flexibility index (Phi) is 4.75. The number of rotatable bonds is 4. The summed E-state index contributed by atoms with van der Waals surface area (Å²) in [5.41, 5.74) is 3.34. The van der Waals surface area contributed by atoms with E-state index in [9.17, 15) is 4.79 Å². The van der Waals surface area contributed by atoms with Crippen LogP contribution in [0.3, 0.4) is 0 Å². The minimum atomic E-state index is -0.240. The Balaban J connectivity index is 1.67. The van der Waals surface area contributed by atoms with Gasteiger partial charge in [-0.2, -0.15) is 11.3 Å². The molecule has 1 N–H and O–H groups in total. The van der Waals surface area contributed by atoms with Crippen LogP contribution >= 0.6 is 11.3 Å². The topological polar surface area (TPSA) is 41.6 Å². The molecule has 0 spiro atoms. The van der Waals surface area contributed by atoms with E-state index in [-0.39, 0.29) is 11.9 Å². The highest BCUT2D eigenvalue weighted by Crippen LogP contribution is 2.25. The number of thiophene rings is 1. The lowest BCUT2D eigenvalue weighted by Crippen LogP contribution is -2.46. The quantitative estimate of drug-likeness (QED) is 0.942. The number of nitrogens with zero attached hydrogens (tertiary/aromatic N) is 1. The number of nitrogens with one attached hydrogen (secondary N) is 1. The van der Waals surface area contributed by atoms with Crippen LogP contribution in [0.5, 0.6) is 0 Å². The van der Waals surface area contributed by atoms with Gasteiger partial charge in [0.15, 0.2) is 0 Å². The zero-order valence-corrected chi connectivity index (χ0v) is 13.4. The number of carbonyl (C=O) groups excluding carboxylic acids is 1. The SMILES string of the molecule is CC(Nc1cccc(-c2ccsc2)c1)C(=O)N1CCOCC1. The van der Waals surface area contributed by atoms with Crippen molar-refractivity contribution < 1.29 is 9.53 Å². The first-order chi connectivity index (χ1) is 10.7. The van der Waals surface area contributed by atoms with Crippen molar-refractivity contribution in [3.8, 4) is 11.1 Å². The van der Waals surface area contributed by atoms with Gasteiger partial charge in [0, 0.05) is 18.8 Å². The number of amides is 1. The molecular weight excluding hydrogens is 296 g/mol. The number of anilines is 1. The van der Waals surface area contributed by atoms with E-state index in [4.69, 9.17) is 4.74 Å². The summed E-state index contributed by atoms with van der Waals surface area (Å²) < 4.78 is 5.29. The molecule has 1 unspecified atom stereocenters. The Labute approximate surface area is 134 Å². The van der Waals surface area contributed by atoms with E-state index in [0.29, 0.717) is 26.3 Å². The van der Waals surface area contributed by atoms with E-state index in [1.807, 2.05) is 24.0 Å². The van der Waals surface area contributed by atoms with E-state index in [2.05, 4.69) is 34.3 Å². The second kappa shape index (κ2) is 6.94. The third-order valence-electron chi connectivity index (χ3n) is 3.79. The number of hydrogen-bond acceptors (Lipinski definition) is 4. The molecule has 0 saturated carbocycles. The molecule has 22 heavy (non-hydrogen) atoms. The minimum Gasteiger partial charge on any atom is -0.378 e. The van der Waals surface area contributed by atoms with E-state index in [0.717, 1.165) is 11.3 Å². The van der Waals surface area contributed by atoms with Crippen molar-refractivity contribution in [2.24, 2.45) is 0 Å². The second-order valence-electron chi connectivity index (χ2n) is 5.40. The molecule has 1 atom stereocenters. The van der Waals surface area contributed by atoms with Crippen LogP contribution in [0.2, 0.25) is 0 Å². The Morgan fingerprint density at radius 1 is 1.27 bits per heavy atom. The Morgan fingerprint density at radius 2 is 2.09 bits per heavy atom. The predicted molar refractivity (Wildman–Crippen MR) is 90.2 cm³/mol. The Morgan fingerprint density at radius 3 is 2.82 bits per heavy atom. The summed E-state index contributed by atoms with van der Waals surface area (Å²) in [6.07, 6.45) is 0. The first-order valence-corrected chi connectivity index (χ1v) is 8.44. The molecule has 1 amide bonds. The first kappa shape index (κ1) is 15.1. The number of benzene rings is 1. The fourth-order valence-corrected chi connectivity index (χ4v) is 3.25. The summed E-state index contributed by atoms with van der Waals surface area (Å²) >= 11 is 1.68. The van der Waals surface area contributed by atoms with Gasteiger partial charge in [0.05, 0.1) is 13.2 Å². The van der Waals surface area contributed by atoms with Crippen molar-refractivity contribution in [1.29, 1.82) is 0 Å². The zero-order valence-electron chi connectivity index (χ0n) is 12.6. The van der Waals surface area contributed by atoms with Gasteiger partial charge in [-0.1, -0.05) is 12.1 Å². The van der Waals surface area contributed by atoms with E-state index in [1.54, 1.807) is 11.3 Å². The van der Waals surface area contributed by atoms with Crippen molar-refractivity contribution in [3.05, 3.63) is 41.1 Å². The van der Waals surface area contributed by atoms with E-state index < -0.39 is 0 Å². The monoisotopic (exact) mass is 316 g/mol. The summed E-state index contributed by atoms with van der Waals surface area (Å²) in [7, 11) is 0. The molecule has 116 valence electrons. The molecular formula is C17H20N2O2S. The van der Waals surface area contributed by atoms with E-state index in [1.165, 1.54) is 5.56 Å². The van der Waals surface area contributed by atoms with Crippen LogP contribution in [-0.2, 0) is 9.53 Å². The number of morpholine rings is 1. The molecule has 0 bridgehead atoms. The van der Waals surface area contributed by atoms with Crippen molar-refractivity contribution in [1.82, 2.24) is 4.90 Å². The molecule has 1 fully saturated rings. The number of carbonyl (C=O) groups is 1. The van der Waals surface area contributed by atoms with Crippen LogP contribution < -0.4 is 5.32 Å². The maximum absolute atomic E-state index is 12.4. The third kappa shape index (κ3) is 3.48. The number of ether oxygens (including phenoxy) is 1. The van der Waals surface area contributed by atoms with Gasteiger partial charge in [-0.25, -0.2) is 0 Å². The molecule has 1 aliphatic heterocycles. The summed E-state index contributed by atoms with van der Waals surface area (Å²) in [6, 6.07) is 10.1. The molecule has 2 heterocycles. The summed E-state index contributed by atoms with van der Waals surface area (Å²) in [5.74, 6) is 0.129. The van der Waals surface area contributed by atoms with Crippen molar-refractivity contribution >= 4 is 22.9 Å². The molecule has 2 aromatic rings. The van der Waals surface area contributed by atoms with Gasteiger partial charge in [0.1, 0.15) is 6.04 Å². The first-order valence-electron chi connectivity index (χ1n) is 7.50. The lowest BCUT2D eigenvalue weighted by Gasteiger charge is -2.29. The highest BCUT2D eigenvalue weighted by Gasteiger charge is 2.22. The van der Waals surface area contributed by atoms with Crippen molar-refractivity contribution in [3.63, 3.8) is 0 Å². The number of hydrogen-bond donors (Lipinski definition) is 1. The van der Waals surface area contributed by atoms with Gasteiger partial charge in [0.2, 0.25) is 5.91 Å². The van der Waals surface area contributed by atoms with Gasteiger partial charge < -0.3 is 15.0 Å². The maximum atomic E-state index is 12.4. The molecule has 0 aliphatic carbocycles. The third-order valence-corrected chi connectivity index (χ3v) is 4.48. The molecule has 3 rings (SSSR count). The fourth-order valence-electron chi connectivity index (χ4n) is 2.59. The van der Waals surface area contributed by atoms with Crippen LogP contribution in [0, 0.1) is 0 Å². The largest absolute Gasteiger partial charge is 0.378 e. The van der Waals surface area contributed by atoms with Gasteiger partial charge in [-0.15, -0.1) is 0 Å². The fraction of sp³-hybridized carbons (Fsp3) is 0.353. The smallest absolute Gasteiger partial charge is 0.244 e. The highest BCUT2D eigenvalue weighted by molar-refractivity contribution is 7.08. The summed E-state index contributed by atoms with van der Waals surface area (Å²) in [4.78, 5) is 14.3. The van der Waals surface area contributed by atoms with Crippen LogP contribution in [0.25, 0.3) is 11.1 Å². The minimum absolute atomic E-state index is 0.129. The summed E-state index contributed by atoms with van der Waals surface area (Å²) in [5, 5.41) is 7.51. The van der Waals surface area contributed by atoms with Crippen LogP contribution in [0.1, 0.15) is 6.92 Å². The predicted octanol–water partition coefficient (Wildman–Crippen LogP) is 3.07. The zero-order chi connectivity index (χ0) is 15.4. The standard InChI is InChI=1S/C17H20N2O2S/c1-13(17(20)19-6-8-21-9-7-19)18-16-4-2-3-14(11-16)15-5-10-22-12-15/h2-5,10-13,18H,6-9H2,1H3. The molecule has 5 heteroatoms. The van der Waals surface area contributed by atoms with Gasteiger partial charge >= 0.3 is 0 Å². The molecule has 1 aromatic carbocycles. The second-order valence-corrected chi connectivity index (χ2v) is 6.18. The van der Waals surface area contributed by atoms with Crippen LogP contribution in [0.4, 0.5) is 5.69 Å². The molecule has 1 saturated heterocycles. The summed E-state index contributed by atoms with van der Waals surface area (Å²) in [6.45, 7) is 4.53. The Bertz CT molecular complexity index is 621. The Hall–Kier alpha value is -1.85. The van der Waals surface area contributed by atoms with Gasteiger partial charge in [-0.3, -0.25) is 4.79 Å². The molecule has 4 nitrogen and oxygen atoms in total. The average Bonchev–Trinajstić information content (AvgIpc) is 3.10. The van der Waals surface area contributed by atoms with Crippen molar-refractivity contribution in [2.45, 2.75) is 13.0 Å². The normalized spacial score (nSPS) is 16.3.